The van der Waals surface area contributed by atoms with Crippen molar-refractivity contribution >= 4 is 0 Å². The van der Waals surface area contributed by atoms with Gasteiger partial charge in [0.15, 0.2) is 0 Å². The van der Waals surface area contributed by atoms with Crippen LogP contribution in [0.3, 0.4) is 0 Å². The van der Waals surface area contributed by atoms with E-state index in [2.05, 4.69) is 34.3 Å². The van der Waals surface area contributed by atoms with E-state index in [1.807, 2.05) is 32.2 Å². The maximum absolute atomic E-state index is 5.47. The predicted octanol–water partition coefficient (Wildman–Crippen LogP) is 3.36. The number of nitrogens with one attached hydrogen (secondary N) is 2. The second kappa shape index (κ2) is 7.10. The fourth-order valence-electron chi connectivity index (χ4n) is 2.24. The molecular weight excluding hydrogens is 250 g/mol. The van der Waals surface area contributed by atoms with E-state index in [0.717, 1.165) is 30.2 Å². The Hall–Kier alpha value is -1.81. The summed E-state index contributed by atoms with van der Waals surface area (Å²) in [5.74, 6) is 1.90. The lowest BCUT2D eigenvalue weighted by Crippen LogP contribution is -2.20. The third-order valence-corrected chi connectivity index (χ3v) is 3.27. The predicted molar refractivity (Wildman–Crippen MR) is 80.8 cm³/mol. The maximum Gasteiger partial charge on any atom is 0.120 e. The third kappa shape index (κ3) is 3.84. The number of hydrogen-bond donors (Lipinski definition) is 2. The van der Waals surface area contributed by atoms with Crippen LogP contribution in [-0.2, 0) is 6.54 Å². The second-order valence-electron chi connectivity index (χ2n) is 4.86. The van der Waals surface area contributed by atoms with Crippen LogP contribution >= 0.6 is 0 Å². The number of imidazole rings is 1. The van der Waals surface area contributed by atoms with Gasteiger partial charge in [-0.2, -0.15) is 0 Å². The topological polar surface area (TPSA) is 49.9 Å². The van der Waals surface area contributed by atoms with Gasteiger partial charge in [-0.1, -0.05) is 19.1 Å². The van der Waals surface area contributed by atoms with E-state index in [1.165, 1.54) is 5.56 Å². The number of aromatic amines is 1. The normalized spacial score (nSPS) is 12.3. The van der Waals surface area contributed by atoms with E-state index < -0.39 is 0 Å². The highest BCUT2D eigenvalue weighted by atomic mass is 16.5. The molecule has 0 bridgehead atoms. The number of rotatable bonds is 7. The molecule has 0 aliphatic carbocycles. The number of ether oxygens (including phenoxy) is 1. The summed E-state index contributed by atoms with van der Waals surface area (Å²) in [6.07, 6.45) is 2.89. The van der Waals surface area contributed by atoms with Crippen LogP contribution in [0.1, 0.15) is 43.4 Å². The lowest BCUT2D eigenvalue weighted by atomic mass is 10.0. The summed E-state index contributed by atoms with van der Waals surface area (Å²) in [5, 5.41) is 3.53. The molecule has 4 heteroatoms. The molecule has 2 aromatic rings. The molecule has 0 spiro atoms. The first-order valence-electron chi connectivity index (χ1n) is 7.19. The van der Waals surface area contributed by atoms with E-state index in [9.17, 15) is 0 Å². The van der Waals surface area contributed by atoms with Gasteiger partial charge in [0.25, 0.3) is 0 Å². The molecule has 0 saturated heterocycles. The third-order valence-electron chi connectivity index (χ3n) is 3.27. The van der Waals surface area contributed by atoms with E-state index in [4.69, 9.17) is 4.74 Å². The summed E-state index contributed by atoms with van der Waals surface area (Å²) >= 11 is 0. The first-order valence-corrected chi connectivity index (χ1v) is 7.19. The first kappa shape index (κ1) is 14.6. The van der Waals surface area contributed by atoms with Crippen molar-refractivity contribution in [1.82, 2.24) is 15.3 Å². The van der Waals surface area contributed by atoms with Gasteiger partial charge in [-0.15, -0.1) is 0 Å². The summed E-state index contributed by atoms with van der Waals surface area (Å²) in [4.78, 5) is 7.56. The van der Waals surface area contributed by atoms with E-state index >= 15 is 0 Å². The summed E-state index contributed by atoms with van der Waals surface area (Å²) in [6, 6.07) is 8.63. The molecule has 0 unspecified atom stereocenters. The Morgan fingerprint density at radius 2 is 2.00 bits per heavy atom. The highest BCUT2D eigenvalue weighted by molar-refractivity contribution is 5.29. The lowest BCUT2D eigenvalue weighted by Gasteiger charge is -2.17. The number of benzene rings is 1. The van der Waals surface area contributed by atoms with Gasteiger partial charge in [-0.3, -0.25) is 0 Å². The van der Waals surface area contributed by atoms with Crippen molar-refractivity contribution in [2.75, 3.05) is 6.61 Å². The Balaban J connectivity index is 1.96. The summed E-state index contributed by atoms with van der Waals surface area (Å²) in [5.41, 5.74) is 2.37. The van der Waals surface area contributed by atoms with Gasteiger partial charge < -0.3 is 15.0 Å². The number of H-pyrrole nitrogens is 1. The zero-order valence-corrected chi connectivity index (χ0v) is 12.4. The van der Waals surface area contributed by atoms with Crippen molar-refractivity contribution in [2.24, 2.45) is 0 Å². The molecule has 1 aromatic heterocycles. The molecule has 0 fully saturated rings. The minimum atomic E-state index is 0.330. The minimum absolute atomic E-state index is 0.330. The van der Waals surface area contributed by atoms with Crippen molar-refractivity contribution in [2.45, 2.75) is 39.8 Å². The molecule has 1 atom stereocenters. The SMILES string of the molecule is CCOc1ccc([C@H](CC)NCc2ncc(C)[nH]2)cc1. The highest BCUT2D eigenvalue weighted by Crippen LogP contribution is 2.20. The molecule has 1 aromatic carbocycles. The van der Waals surface area contributed by atoms with Crippen LogP contribution in [0.2, 0.25) is 0 Å². The molecule has 108 valence electrons. The second-order valence-corrected chi connectivity index (χ2v) is 4.86. The monoisotopic (exact) mass is 273 g/mol. The van der Waals surface area contributed by atoms with Gasteiger partial charge in [0.1, 0.15) is 11.6 Å². The Labute approximate surface area is 120 Å². The molecule has 2 N–H and O–H groups in total. The Morgan fingerprint density at radius 3 is 2.55 bits per heavy atom. The van der Waals surface area contributed by atoms with Crippen molar-refractivity contribution in [3.63, 3.8) is 0 Å². The molecule has 0 radical (unpaired) electrons. The van der Waals surface area contributed by atoms with E-state index in [1.54, 1.807) is 0 Å². The summed E-state index contributed by atoms with van der Waals surface area (Å²) in [6.45, 7) is 7.64. The van der Waals surface area contributed by atoms with Gasteiger partial charge in [0.05, 0.1) is 13.2 Å². The van der Waals surface area contributed by atoms with Gasteiger partial charge in [0.2, 0.25) is 0 Å². The molecule has 0 saturated carbocycles. The van der Waals surface area contributed by atoms with Crippen molar-refractivity contribution in [3.8, 4) is 5.75 Å². The largest absolute Gasteiger partial charge is 0.494 e. The molecule has 20 heavy (non-hydrogen) atoms. The van der Waals surface area contributed by atoms with Gasteiger partial charge >= 0.3 is 0 Å². The van der Waals surface area contributed by atoms with Crippen LogP contribution in [0.5, 0.6) is 5.75 Å². The maximum atomic E-state index is 5.47. The molecule has 1 heterocycles. The Bertz CT molecular complexity index is 519. The molecule has 2 rings (SSSR count). The number of hydrogen-bond acceptors (Lipinski definition) is 3. The quantitative estimate of drug-likeness (QED) is 0.813. The zero-order valence-electron chi connectivity index (χ0n) is 12.4. The lowest BCUT2D eigenvalue weighted by molar-refractivity contribution is 0.340. The molecular formula is C16H23N3O. The van der Waals surface area contributed by atoms with Crippen molar-refractivity contribution in [1.29, 1.82) is 0 Å². The summed E-state index contributed by atoms with van der Waals surface area (Å²) in [7, 11) is 0. The molecule has 0 aliphatic rings. The molecule has 4 nitrogen and oxygen atoms in total. The van der Waals surface area contributed by atoms with Crippen LogP contribution in [0.15, 0.2) is 30.5 Å². The van der Waals surface area contributed by atoms with Crippen molar-refractivity contribution < 1.29 is 4.74 Å². The van der Waals surface area contributed by atoms with Gasteiger partial charge in [-0.05, 0) is 38.0 Å². The number of aromatic nitrogens is 2. The fourth-order valence-corrected chi connectivity index (χ4v) is 2.24. The van der Waals surface area contributed by atoms with Crippen LogP contribution < -0.4 is 10.1 Å². The Kier molecular flexibility index (Phi) is 5.18. The number of aryl methyl sites for hydroxylation is 1. The standard InChI is InChI=1S/C16H23N3O/c1-4-15(17-11-16-18-10-12(3)19-16)13-6-8-14(9-7-13)20-5-2/h6-10,15,17H,4-5,11H2,1-3H3,(H,18,19)/t15-/m0/s1. The Morgan fingerprint density at radius 1 is 1.25 bits per heavy atom. The average molecular weight is 273 g/mol. The fraction of sp³-hybridized carbons (Fsp3) is 0.438. The van der Waals surface area contributed by atoms with Crippen molar-refractivity contribution in [3.05, 3.63) is 47.5 Å². The van der Waals surface area contributed by atoms with Gasteiger partial charge in [0, 0.05) is 17.9 Å². The number of nitrogens with zero attached hydrogens (tertiary/aromatic N) is 1. The molecule has 0 amide bonds. The van der Waals surface area contributed by atoms with E-state index in [-0.39, 0.29) is 0 Å². The highest BCUT2D eigenvalue weighted by Gasteiger charge is 2.09. The smallest absolute Gasteiger partial charge is 0.120 e. The summed E-state index contributed by atoms with van der Waals surface area (Å²) < 4.78 is 5.47. The van der Waals surface area contributed by atoms with E-state index in [0.29, 0.717) is 12.6 Å². The van der Waals surface area contributed by atoms with Crippen LogP contribution in [0.4, 0.5) is 0 Å². The van der Waals surface area contributed by atoms with Crippen LogP contribution in [-0.4, -0.2) is 16.6 Å². The van der Waals surface area contributed by atoms with Crippen LogP contribution in [0.25, 0.3) is 0 Å². The first-order chi connectivity index (χ1) is 9.72. The van der Waals surface area contributed by atoms with Gasteiger partial charge in [-0.25, -0.2) is 4.98 Å². The van der Waals surface area contributed by atoms with Crippen LogP contribution in [0, 0.1) is 6.92 Å². The molecule has 0 aliphatic heterocycles. The minimum Gasteiger partial charge on any atom is -0.494 e. The average Bonchev–Trinajstić information content (AvgIpc) is 2.87. The zero-order chi connectivity index (χ0) is 14.4.